The number of nitrogens with two attached hydrogens (primary N) is 1. The maximum atomic E-state index is 5.80. The number of fused-ring (bicyclic) bond motifs is 1. The van der Waals surface area contributed by atoms with Gasteiger partial charge >= 0.3 is 0 Å². The van der Waals surface area contributed by atoms with Crippen molar-refractivity contribution in [2.75, 3.05) is 12.3 Å². The zero-order chi connectivity index (χ0) is 10.1. The number of aromatic nitrogens is 2. The van der Waals surface area contributed by atoms with Crippen LogP contribution in [0.5, 0.6) is 0 Å². The minimum atomic E-state index is 0.637. The summed E-state index contributed by atoms with van der Waals surface area (Å²) >= 11 is 0. The average Bonchev–Trinajstić information content (AvgIpc) is 2.59. The van der Waals surface area contributed by atoms with E-state index in [0.29, 0.717) is 11.9 Å². The first-order valence-electron chi connectivity index (χ1n) is 5.28. The molecule has 1 aliphatic heterocycles. The Labute approximate surface area is 84.5 Å². The Hall–Kier alpha value is -1.03. The molecule has 2 heterocycles. The summed E-state index contributed by atoms with van der Waals surface area (Å²) in [6, 6.07) is 0.637. The Bertz CT molecular complexity index is 318. The van der Waals surface area contributed by atoms with Crippen LogP contribution in [0.15, 0.2) is 0 Å². The standard InChI is InChI=1S/C10H18N4/c1-3-7(2)14-5-4-9-8(6-14)10(11)13-12-9/h7H,3-6H2,1-2H3,(H3,11,12,13). The van der Waals surface area contributed by atoms with Crippen LogP contribution in [0.25, 0.3) is 0 Å². The second-order valence-corrected chi connectivity index (χ2v) is 4.04. The molecule has 0 saturated carbocycles. The van der Waals surface area contributed by atoms with Crippen LogP contribution in [-0.4, -0.2) is 27.7 Å². The van der Waals surface area contributed by atoms with Crippen molar-refractivity contribution in [2.24, 2.45) is 0 Å². The fourth-order valence-corrected chi connectivity index (χ4v) is 1.97. The summed E-state index contributed by atoms with van der Waals surface area (Å²) in [6.45, 7) is 6.55. The molecule has 1 unspecified atom stereocenters. The molecule has 1 aliphatic rings. The molecule has 0 amide bonds. The Morgan fingerprint density at radius 3 is 3.14 bits per heavy atom. The van der Waals surface area contributed by atoms with Crippen LogP contribution in [0.1, 0.15) is 31.5 Å². The molecule has 0 spiro atoms. The average molecular weight is 194 g/mol. The lowest BCUT2D eigenvalue weighted by Crippen LogP contribution is -2.37. The monoisotopic (exact) mass is 194 g/mol. The van der Waals surface area contributed by atoms with Crippen LogP contribution in [-0.2, 0) is 13.0 Å². The van der Waals surface area contributed by atoms with Crippen LogP contribution >= 0.6 is 0 Å². The van der Waals surface area contributed by atoms with Crippen molar-refractivity contribution < 1.29 is 0 Å². The first kappa shape index (κ1) is 9.52. The molecule has 0 bridgehead atoms. The number of H-pyrrole nitrogens is 1. The molecule has 0 aliphatic carbocycles. The van der Waals surface area contributed by atoms with Gasteiger partial charge < -0.3 is 5.73 Å². The van der Waals surface area contributed by atoms with E-state index in [1.165, 1.54) is 17.7 Å². The van der Waals surface area contributed by atoms with Gasteiger partial charge in [0.2, 0.25) is 0 Å². The third-order valence-electron chi connectivity index (χ3n) is 3.21. The predicted molar refractivity (Wildman–Crippen MR) is 56.9 cm³/mol. The molecular formula is C10H18N4. The van der Waals surface area contributed by atoms with Gasteiger partial charge in [-0.25, -0.2) is 0 Å². The fourth-order valence-electron chi connectivity index (χ4n) is 1.97. The minimum Gasteiger partial charge on any atom is -0.382 e. The molecule has 1 atom stereocenters. The van der Waals surface area contributed by atoms with Gasteiger partial charge in [-0.1, -0.05) is 6.92 Å². The topological polar surface area (TPSA) is 57.9 Å². The minimum absolute atomic E-state index is 0.637. The summed E-state index contributed by atoms with van der Waals surface area (Å²) in [5, 5.41) is 7.05. The van der Waals surface area contributed by atoms with E-state index in [1.54, 1.807) is 0 Å². The van der Waals surface area contributed by atoms with Crippen molar-refractivity contribution in [3.8, 4) is 0 Å². The molecule has 1 aromatic heterocycles. The van der Waals surface area contributed by atoms with Crippen molar-refractivity contribution in [2.45, 2.75) is 39.3 Å². The van der Waals surface area contributed by atoms with Crippen molar-refractivity contribution in [1.82, 2.24) is 15.1 Å². The molecule has 0 radical (unpaired) electrons. The van der Waals surface area contributed by atoms with Gasteiger partial charge in [0.15, 0.2) is 0 Å². The number of anilines is 1. The van der Waals surface area contributed by atoms with Gasteiger partial charge in [-0.3, -0.25) is 10.00 Å². The SMILES string of the molecule is CCC(C)N1CCc2[nH]nc(N)c2C1. The first-order valence-corrected chi connectivity index (χ1v) is 5.28. The molecule has 0 fully saturated rings. The summed E-state index contributed by atoms with van der Waals surface area (Å²) in [7, 11) is 0. The second-order valence-electron chi connectivity index (χ2n) is 4.04. The number of hydrogen-bond acceptors (Lipinski definition) is 3. The highest BCUT2D eigenvalue weighted by Crippen LogP contribution is 2.23. The zero-order valence-corrected chi connectivity index (χ0v) is 8.88. The maximum absolute atomic E-state index is 5.80. The van der Waals surface area contributed by atoms with Crippen molar-refractivity contribution in [1.29, 1.82) is 0 Å². The van der Waals surface area contributed by atoms with E-state index < -0.39 is 0 Å². The van der Waals surface area contributed by atoms with Crippen LogP contribution < -0.4 is 5.73 Å². The smallest absolute Gasteiger partial charge is 0.149 e. The molecule has 2 rings (SSSR count). The molecule has 4 heteroatoms. The van der Waals surface area contributed by atoms with Gasteiger partial charge in [0, 0.05) is 36.8 Å². The summed E-state index contributed by atoms with van der Waals surface area (Å²) < 4.78 is 0. The largest absolute Gasteiger partial charge is 0.382 e. The molecule has 4 nitrogen and oxygen atoms in total. The Morgan fingerprint density at radius 1 is 1.64 bits per heavy atom. The Morgan fingerprint density at radius 2 is 2.43 bits per heavy atom. The van der Waals surface area contributed by atoms with Gasteiger partial charge in [0.1, 0.15) is 5.82 Å². The number of rotatable bonds is 2. The lowest BCUT2D eigenvalue weighted by atomic mass is 10.1. The number of nitrogens with zero attached hydrogens (tertiary/aromatic N) is 2. The number of hydrogen-bond donors (Lipinski definition) is 2. The van der Waals surface area contributed by atoms with E-state index in [4.69, 9.17) is 5.73 Å². The van der Waals surface area contributed by atoms with Gasteiger partial charge in [-0.05, 0) is 13.3 Å². The lowest BCUT2D eigenvalue weighted by molar-refractivity contribution is 0.186. The van der Waals surface area contributed by atoms with Crippen LogP contribution in [0.3, 0.4) is 0 Å². The number of nitrogen functional groups attached to an aromatic ring is 1. The summed E-state index contributed by atoms with van der Waals surface area (Å²) in [4.78, 5) is 2.47. The van der Waals surface area contributed by atoms with Crippen molar-refractivity contribution in [3.63, 3.8) is 0 Å². The number of aromatic amines is 1. The molecule has 3 N–H and O–H groups in total. The van der Waals surface area contributed by atoms with E-state index in [2.05, 4.69) is 28.9 Å². The molecule has 78 valence electrons. The van der Waals surface area contributed by atoms with E-state index >= 15 is 0 Å². The molecule has 0 saturated heterocycles. The van der Waals surface area contributed by atoms with Gasteiger partial charge in [-0.15, -0.1) is 0 Å². The quantitative estimate of drug-likeness (QED) is 0.742. The van der Waals surface area contributed by atoms with Crippen LogP contribution in [0, 0.1) is 0 Å². The highest BCUT2D eigenvalue weighted by Gasteiger charge is 2.23. The van der Waals surface area contributed by atoms with Gasteiger partial charge in [0.25, 0.3) is 0 Å². The van der Waals surface area contributed by atoms with Crippen LogP contribution in [0.4, 0.5) is 5.82 Å². The summed E-state index contributed by atoms with van der Waals surface area (Å²) in [6.07, 6.45) is 2.23. The zero-order valence-electron chi connectivity index (χ0n) is 8.88. The third-order valence-corrected chi connectivity index (χ3v) is 3.21. The van der Waals surface area contributed by atoms with E-state index in [0.717, 1.165) is 19.5 Å². The highest BCUT2D eigenvalue weighted by atomic mass is 15.2. The molecular weight excluding hydrogens is 176 g/mol. The van der Waals surface area contributed by atoms with E-state index in [-0.39, 0.29) is 0 Å². The summed E-state index contributed by atoms with van der Waals surface area (Å²) in [5.41, 5.74) is 8.23. The first-order chi connectivity index (χ1) is 6.72. The third kappa shape index (κ3) is 1.50. The van der Waals surface area contributed by atoms with Gasteiger partial charge in [0.05, 0.1) is 0 Å². The van der Waals surface area contributed by atoms with Crippen molar-refractivity contribution >= 4 is 5.82 Å². The predicted octanol–water partition coefficient (Wildman–Crippen LogP) is 1.15. The summed E-state index contributed by atoms with van der Waals surface area (Å²) in [5.74, 6) is 0.674. The number of nitrogens with one attached hydrogen (secondary N) is 1. The molecule has 14 heavy (non-hydrogen) atoms. The Balaban J connectivity index is 2.16. The normalized spacial score (nSPS) is 19.3. The Kier molecular flexibility index (Phi) is 2.46. The van der Waals surface area contributed by atoms with E-state index in [1.807, 2.05) is 0 Å². The van der Waals surface area contributed by atoms with Gasteiger partial charge in [-0.2, -0.15) is 5.10 Å². The fraction of sp³-hybridized carbons (Fsp3) is 0.700. The van der Waals surface area contributed by atoms with Crippen LogP contribution in [0.2, 0.25) is 0 Å². The second kappa shape index (κ2) is 3.61. The molecule has 0 aromatic carbocycles. The maximum Gasteiger partial charge on any atom is 0.149 e. The highest BCUT2D eigenvalue weighted by molar-refractivity contribution is 5.43. The van der Waals surface area contributed by atoms with E-state index in [9.17, 15) is 0 Å². The van der Waals surface area contributed by atoms with Crippen molar-refractivity contribution in [3.05, 3.63) is 11.3 Å². The lowest BCUT2D eigenvalue weighted by Gasteiger charge is -2.31. The molecule has 1 aromatic rings.